The average molecular weight is 193 g/mol. The molecule has 0 unspecified atom stereocenters. The number of benzene rings is 1. The third kappa shape index (κ3) is 2.69. The Morgan fingerprint density at radius 2 is 2.29 bits per heavy atom. The van der Waals surface area contributed by atoms with Crippen molar-refractivity contribution in [3.63, 3.8) is 0 Å². The van der Waals surface area contributed by atoms with Crippen LogP contribution in [0.3, 0.4) is 0 Å². The van der Waals surface area contributed by atoms with Crippen molar-refractivity contribution in [3.05, 3.63) is 30.9 Å². The Morgan fingerprint density at radius 3 is 2.93 bits per heavy atom. The highest BCUT2D eigenvalue weighted by molar-refractivity contribution is 5.55. The van der Waals surface area contributed by atoms with Crippen molar-refractivity contribution in [2.75, 3.05) is 19.5 Å². The van der Waals surface area contributed by atoms with Crippen molar-refractivity contribution in [3.8, 4) is 11.5 Å². The van der Waals surface area contributed by atoms with Crippen LogP contribution in [-0.2, 0) is 0 Å². The molecule has 0 heterocycles. The summed E-state index contributed by atoms with van der Waals surface area (Å²) in [5, 5.41) is 0. The first-order valence-electron chi connectivity index (χ1n) is 4.45. The molecule has 3 nitrogen and oxygen atoms in total. The van der Waals surface area contributed by atoms with E-state index in [1.807, 2.05) is 0 Å². The van der Waals surface area contributed by atoms with Gasteiger partial charge >= 0.3 is 0 Å². The van der Waals surface area contributed by atoms with Gasteiger partial charge in [-0.2, -0.15) is 0 Å². The predicted molar refractivity (Wildman–Crippen MR) is 57.7 cm³/mol. The van der Waals surface area contributed by atoms with Crippen LogP contribution in [0.15, 0.2) is 30.9 Å². The Hall–Kier alpha value is -1.64. The Labute approximate surface area is 84.1 Å². The van der Waals surface area contributed by atoms with E-state index < -0.39 is 0 Å². The topological polar surface area (TPSA) is 44.5 Å². The minimum absolute atomic E-state index is 0.584. The Bertz CT molecular complexity index is 310. The molecule has 1 aromatic carbocycles. The standard InChI is InChI=1S/C11H15NO2/c1-3-4-7-14-11-8-9(13-2)5-6-10(11)12/h3,5-6,8H,1,4,7,12H2,2H3. The van der Waals surface area contributed by atoms with Crippen LogP contribution in [0.1, 0.15) is 6.42 Å². The molecule has 0 aliphatic rings. The normalized spacial score (nSPS) is 9.50. The predicted octanol–water partition coefficient (Wildman–Crippen LogP) is 2.23. The number of methoxy groups -OCH3 is 1. The molecule has 0 atom stereocenters. The molecule has 0 amide bonds. The summed E-state index contributed by atoms with van der Waals surface area (Å²) in [6, 6.07) is 5.34. The summed E-state index contributed by atoms with van der Waals surface area (Å²) in [5.74, 6) is 1.40. The lowest BCUT2D eigenvalue weighted by Gasteiger charge is -2.09. The molecule has 3 heteroatoms. The molecular weight excluding hydrogens is 178 g/mol. The van der Waals surface area contributed by atoms with Crippen LogP contribution in [-0.4, -0.2) is 13.7 Å². The highest BCUT2D eigenvalue weighted by atomic mass is 16.5. The van der Waals surface area contributed by atoms with Crippen LogP contribution in [0, 0.1) is 0 Å². The maximum absolute atomic E-state index is 5.72. The smallest absolute Gasteiger partial charge is 0.145 e. The molecule has 0 fully saturated rings. The fourth-order valence-electron chi connectivity index (χ4n) is 1.02. The molecule has 0 spiro atoms. The molecule has 76 valence electrons. The van der Waals surface area contributed by atoms with Crippen molar-refractivity contribution in [1.82, 2.24) is 0 Å². The molecule has 0 radical (unpaired) electrons. The molecule has 0 aliphatic carbocycles. The van der Waals surface area contributed by atoms with Crippen molar-refractivity contribution < 1.29 is 9.47 Å². The lowest BCUT2D eigenvalue weighted by molar-refractivity contribution is 0.323. The van der Waals surface area contributed by atoms with Gasteiger partial charge in [0.05, 0.1) is 19.4 Å². The third-order valence-corrected chi connectivity index (χ3v) is 1.80. The zero-order valence-electron chi connectivity index (χ0n) is 8.32. The van der Waals surface area contributed by atoms with E-state index in [0.29, 0.717) is 18.0 Å². The summed E-state index contributed by atoms with van der Waals surface area (Å²) in [4.78, 5) is 0. The molecule has 0 bridgehead atoms. The fourth-order valence-corrected chi connectivity index (χ4v) is 1.02. The molecule has 0 saturated carbocycles. The molecule has 0 aliphatic heterocycles. The van der Waals surface area contributed by atoms with Crippen molar-refractivity contribution in [1.29, 1.82) is 0 Å². The first-order chi connectivity index (χ1) is 6.77. The van der Waals surface area contributed by atoms with Crippen molar-refractivity contribution in [2.45, 2.75) is 6.42 Å². The Balaban J connectivity index is 2.68. The fraction of sp³-hybridized carbons (Fsp3) is 0.273. The van der Waals surface area contributed by atoms with E-state index in [9.17, 15) is 0 Å². The van der Waals surface area contributed by atoms with Gasteiger partial charge in [0.2, 0.25) is 0 Å². The van der Waals surface area contributed by atoms with E-state index in [1.54, 1.807) is 31.4 Å². The van der Waals surface area contributed by atoms with Crippen LogP contribution < -0.4 is 15.2 Å². The average Bonchev–Trinajstić information content (AvgIpc) is 2.21. The number of hydrogen-bond acceptors (Lipinski definition) is 3. The monoisotopic (exact) mass is 193 g/mol. The summed E-state index contributed by atoms with van der Waals surface area (Å²) in [7, 11) is 1.61. The molecular formula is C11H15NO2. The maximum Gasteiger partial charge on any atom is 0.145 e. The lowest BCUT2D eigenvalue weighted by atomic mass is 10.3. The zero-order valence-corrected chi connectivity index (χ0v) is 8.32. The summed E-state index contributed by atoms with van der Waals surface area (Å²) in [6.07, 6.45) is 2.60. The van der Waals surface area contributed by atoms with Crippen LogP contribution in [0.25, 0.3) is 0 Å². The highest BCUT2D eigenvalue weighted by Crippen LogP contribution is 2.26. The largest absolute Gasteiger partial charge is 0.497 e. The van der Waals surface area contributed by atoms with E-state index in [0.717, 1.165) is 12.2 Å². The summed E-state index contributed by atoms with van der Waals surface area (Å²) < 4.78 is 10.5. The minimum Gasteiger partial charge on any atom is -0.497 e. The van der Waals surface area contributed by atoms with Crippen molar-refractivity contribution >= 4 is 5.69 Å². The number of hydrogen-bond donors (Lipinski definition) is 1. The molecule has 14 heavy (non-hydrogen) atoms. The molecule has 0 aromatic heterocycles. The van der Waals surface area contributed by atoms with Crippen molar-refractivity contribution in [2.24, 2.45) is 0 Å². The Kier molecular flexibility index (Phi) is 3.85. The quantitative estimate of drug-likeness (QED) is 0.443. The van der Waals surface area contributed by atoms with Gasteiger partial charge in [-0.3, -0.25) is 0 Å². The van der Waals surface area contributed by atoms with E-state index in [1.165, 1.54) is 0 Å². The second-order valence-electron chi connectivity index (χ2n) is 2.83. The number of rotatable bonds is 5. The summed E-state index contributed by atoms with van der Waals surface area (Å²) >= 11 is 0. The lowest BCUT2D eigenvalue weighted by Crippen LogP contribution is -1.99. The molecule has 0 saturated heterocycles. The van der Waals surface area contributed by atoms with Crippen LogP contribution in [0.4, 0.5) is 5.69 Å². The van der Waals surface area contributed by atoms with Gasteiger partial charge in [0, 0.05) is 6.07 Å². The van der Waals surface area contributed by atoms with E-state index in [4.69, 9.17) is 15.2 Å². The van der Waals surface area contributed by atoms with Crippen LogP contribution in [0.5, 0.6) is 11.5 Å². The second-order valence-corrected chi connectivity index (χ2v) is 2.83. The van der Waals surface area contributed by atoms with Gasteiger partial charge in [0.25, 0.3) is 0 Å². The summed E-state index contributed by atoms with van der Waals surface area (Å²) in [6.45, 7) is 4.20. The number of anilines is 1. The number of nitrogen functional groups attached to an aromatic ring is 1. The van der Waals surface area contributed by atoms with E-state index in [-0.39, 0.29) is 0 Å². The molecule has 2 N–H and O–H groups in total. The van der Waals surface area contributed by atoms with Gasteiger partial charge in [-0.15, -0.1) is 6.58 Å². The van der Waals surface area contributed by atoms with Gasteiger partial charge < -0.3 is 15.2 Å². The summed E-state index contributed by atoms with van der Waals surface area (Å²) in [5.41, 5.74) is 6.34. The van der Waals surface area contributed by atoms with Gasteiger partial charge in [0.15, 0.2) is 0 Å². The SMILES string of the molecule is C=CCCOc1cc(OC)ccc1N. The third-order valence-electron chi connectivity index (χ3n) is 1.80. The Morgan fingerprint density at radius 1 is 1.50 bits per heavy atom. The van der Waals surface area contributed by atoms with Gasteiger partial charge in [0.1, 0.15) is 11.5 Å². The minimum atomic E-state index is 0.584. The molecule has 1 rings (SSSR count). The van der Waals surface area contributed by atoms with Gasteiger partial charge in [-0.05, 0) is 18.6 Å². The first-order valence-corrected chi connectivity index (χ1v) is 4.45. The number of ether oxygens (including phenoxy) is 2. The van der Waals surface area contributed by atoms with Gasteiger partial charge in [-0.1, -0.05) is 6.08 Å². The second kappa shape index (κ2) is 5.17. The number of nitrogens with two attached hydrogens (primary N) is 1. The molecule has 1 aromatic rings. The first kappa shape index (κ1) is 10.4. The van der Waals surface area contributed by atoms with Gasteiger partial charge in [-0.25, -0.2) is 0 Å². The van der Waals surface area contributed by atoms with Crippen LogP contribution >= 0.6 is 0 Å². The zero-order chi connectivity index (χ0) is 10.4. The maximum atomic E-state index is 5.72. The van der Waals surface area contributed by atoms with E-state index >= 15 is 0 Å². The van der Waals surface area contributed by atoms with Crippen LogP contribution in [0.2, 0.25) is 0 Å². The van der Waals surface area contributed by atoms with E-state index in [2.05, 4.69) is 6.58 Å². The highest BCUT2D eigenvalue weighted by Gasteiger charge is 2.01.